The van der Waals surface area contributed by atoms with Gasteiger partial charge in [0.15, 0.2) is 0 Å². The number of rotatable bonds is 7. The van der Waals surface area contributed by atoms with E-state index >= 15 is 0 Å². The maximum Gasteiger partial charge on any atom is 0.0750 e. The van der Waals surface area contributed by atoms with E-state index in [1.165, 1.54) is 76.8 Å². The normalized spacial score (nSPS) is 13.5. The molecular formula is C49H41N. The molecule has 0 radical (unpaired) electrons. The topological polar surface area (TPSA) is 12.4 Å². The summed E-state index contributed by atoms with van der Waals surface area (Å²) in [7, 11) is 0. The van der Waals surface area contributed by atoms with E-state index in [4.69, 9.17) is 4.99 Å². The molecule has 0 bridgehead atoms. The second kappa shape index (κ2) is 13.3. The van der Waals surface area contributed by atoms with Gasteiger partial charge in [-0.15, -0.1) is 0 Å². The van der Waals surface area contributed by atoms with E-state index in [0.29, 0.717) is 0 Å². The zero-order valence-electron chi connectivity index (χ0n) is 29.1. The van der Waals surface area contributed by atoms with Crippen LogP contribution in [0.25, 0.3) is 60.8 Å². The predicted molar refractivity (Wildman–Crippen MR) is 218 cm³/mol. The highest BCUT2D eigenvalue weighted by Gasteiger charge is 2.21. The third-order valence-electron chi connectivity index (χ3n) is 10.4. The van der Waals surface area contributed by atoms with Crippen LogP contribution in [0.2, 0.25) is 0 Å². The smallest absolute Gasteiger partial charge is 0.0750 e. The summed E-state index contributed by atoms with van der Waals surface area (Å²) < 4.78 is 0. The first-order chi connectivity index (χ1) is 24.5. The molecular weight excluding hydrogens is 603 g/mol. The summed E-state index contributed by atoms with van der Waals surface area (Å²) in [4.78, 5) is 5.53. The fourth-order valence-corrected chi connectivity index (χ4v) is 7.75. The lowest BCUT2D eigenvalue weighted by molar-refractivity contribution is 0.995. The second-order valence-electron chi connectivity index (χ2n) is 13.5. The molecule has 0 N–H and O–H groups in total. The molecule has 0 saturated heterocycles. The molecule has 0 saturated carbocycles. The van der Waals surface area contributed by atoms with Gasteiger partial charge in [0.25, 0.3) is 0 Å². The molecule has 8 rings (SSSR count). The van der Waals surface area contributed by atoms with E-state index in [2.05, 4.69) is 173 Å². The summed E-state index contributed by atoms with van der Waals surface area (Å²) in [5.41, 5.74) is 14.1. The molecule has 50 heavy (non-hydrogen) atoms. The van der Waals surface area contributed by atoms with Gasteiger partial charge in [0, 0.05) is 5.56 Å². The van der Waals surface area contributed by atoms with Crippen LogP contribution in [0.15, 0.2) is 157 Å². The quantitative estimate of drug-likeness (QED) is 0.121. The lowest BCUT2D eigenvalue weighted by Gasteiger charge is -2.22. The molecule has 0 amide bonds. The Kier molecular flexibility index (Phi) is 8.34. The van der Waals surface area contributed by atoms with Crippen molar-refractivity contribution >= 4 is 55.4 Å². The van der Waals surface area contributed by atoms with Crippen LogP contribution in [-0.2, 0) is 6.42 Å². The Hall–Kier alpha value is -5.79. The van der Waals surface area contributed by atoms with Crippen molar-refractivity contribution in [3.8, 4) is 11.1 Å². The monoisotopic (exact) mass is 643 g/mol. The largest absolute Gasteiger partial charge is 0.248 e. The molecule has 0 aliphatic heterocycles. The average molecular weight is 644 g/mol. The van der Waals surface area contributed by atoms with Gasteiger partial charge in [0.1, 0.15) is 0 Å². The summed E-state index contributed by atoms with van der Waals surface area (Å²) in [6.07, 6.45) is 7.63. The van der Waals surface area contributed by atoms with Crippen molar-refractivity contribution < 1.29 is 0 Å². The van der Waals surface area contributed by atoms with Crippen molar-refractivity contribution in [3.05, 3.63) is 185 Å². The van der Waals surface area contributed by atoms with Gasteiger partial charge >= 0.3 is 0 Å². The van der Waals surface area contributed by atoms with E-state index in [1.807, 2.05) is 0 Å². The Balaban J connectivity index is 1.35. The molecule has 0 heterocycles. The van der Waals surface area contributed by atoms with E-state index in [1.54, 1.807) is 0 Å². The van der Waals surface area contributed by atoms with Crippen LogP contribution >= 0.6 is 0 Å². The van der Waals surface area contributed by atoms with Crippen molar-refractivity contribution in [2.75, 3.05) is 0 Å². The molecule has 242 valence electrons. The predicted octanol–water partition coefficient (Wildman–Crippen LogP) is 13.4. The lowest BCUT2D eigenvalue weighted by atomic mass is 9.82. The van der Waals surface area contributed by atoms with Crippen molar-refractivity contribution in [1.82, 2.24) is 0 Å². The van der Waals surface area contributed by atoms with Crippen LogP contribution in [0.1, 0.15) is 60.1 Å². The summed E-state index contributed by atoms with van der Waals surface area (Å²) >= 11 is 0. The average Bonchev–Trinajstić information content (AvgIpc) is 3.17. The van der Waals surface area contributed by atoms with E-state index in [9.17, 15) is 0 Å². The van der Waals surface area contributed by atoms with Gasteiger partial charge in [0.05, 0.1) is 11.4 Å². The van der Waals surface area contributed by atoms with Gasteiger partial charge < -0.3 is 0 Å². The maximum absolute atomic E-state index is 5.53. The minimum atomic E-state index is 0.756. The maximum atomic E-state index is 5.53. The third kappa shape index (κ3) is 5.69. The molecule has 1 nitrogen and oxygen atoms in total. The van der Waals surface area contributed by atoms with Gasteiger partial charge in [-0.2, -0.15) is 0 Å². The summed E-state index contributed by atoms with van der Waals surface area (Å²) in [5, 5.41) is 7.55. The Morgan fingerprint density at radius 3 is 1.94 bits per heavy atom. The minimum absolute atomic E-state index is 0.756. The SMILES string of the molecule is C=C(/N=C(\C(CC)=C(/C)c1cc2ccccc2c2c1C=CCC2)c1cc2ccccc2c2ccccc12)c1ccc(-c2ccc(C)cc2)cc1. The van der Waals surface area contributed by atoms with Crippen molar-refractivity contribution in [2.45, 2.75) is 40.0 Å². The molecule has 0 aromatic heterocycles. The Morgan fingerprint density at radius 1 is 0.660 bits per heavy atom. The van der Waals surface area contributed by atoms with Crippen LogP contribution in [0.4, 0.5) is 0 Å². The number of allylic oxidation sites excluding steroid dienone is 3. The number of hydrogen-bond donors (Lipinski definition) is 0. The van der Waals surface area contributed by atoms with E-state index in [-0.39, 0.29) is 0 Å². The summed E-state index contributed by atoms with van der Waals surface area (Å²) in [6, 6.07) is 48.4. The number of fused-ring (bicyclic) bond motifs is 6. The highest BCUT2D eigenvalue weighted by Crippen LogP contribution is 2.38. The van der Waals surface area contributed by atoms with E-state index in [0.717, 1.165) is 41.8 Å². The zero-order chi connectivity index (χ0) is 34.2. The van der Waals surface area contributed by atoms with Crippen LogP contribution in [0, 0.1) is 6.92 Å². The molecule has 7 aromatic rings. The molecule has 1 heteroatoms. The Labute approximate surface area is 295 Å². The molecule has 0 spiro atoms. The van der Waals surface area contributed by atoms with Crippen LogP contribution in [0.5, 0.6) is 0 Å². The number of nitrogens with zero attached hydrogens (tertiary/aromatic N) is 1. The van der Waals surface area contributed by atoms with Gasteiger partial charge in [-0.1, -0.05) is 153 Å². The fourth-order valence-electron chi connectivity index (χ4n) is 7.75. The zero-order valence-corrected chi connectivity index (χ0v) is 29.1. The number of aliphatic imine (C=N–C) groups is 1. The number of hydrogen-bond acceptors (Lipinski definition) is 1. The molecule has 0 unspecified atom stereocenters. The minimum Gasteiger partial charge on any atom is -0.248 e. The highest BCUT2D eigenvalue weighted by atomic mass is 14.8. The van der Waals surface area contributed by atoms with Crippen molar-refractivity contribution in [3.63, 3.8) is 0 Å². The first-order valence-electron chi connectivity index (χ1n) is 17.8. The van der Waals surface area contributed by atoms with Crippen molar-refractivity contribution in [1.29, 1.82) is 0 Å². The van der Waals surface area contributed by atoms with Gasteiger partial charge in [-0.05, 0) is 122 Å². The Bertz CT molecular complexity index is 2520. The highest BCUT2D eigenvalue weighted by molar-refractivity contribution is 6.26. The van der Waals surface area contributed by atoms with Gasteiger partial charge in [-0.3, -0.25) is 0 Å². The molecule has 1 aliphatic carbocycles. The molecule has 7 aromatic carbocycles. The number of benzene rings is 7. The fraction of sp³-hybridized carbons (Fsp3) is 0.122. The second-order valence-corrected chi connectivity index (χ2v) is 13.5. The summed E-state index contributed by atoms with van der Waals surface area (Å²) in [6.45, 7) is 11.3. The Morgan fingerprint density at radius 2 is 1.24 bits per heavy atom. The number of aryl methyl sites for hydroxylation is 2. The van der Waals surface area contributed by atoms with Crippen molar-refractivity contribution in [2.24, 2.45) is 4.99 Å². The molecule has 1 aliphatic rings. The molecule has 0 atom stereocenters. The molecule has 0 fully saturated rings. The summed E-state index contributed by atoms with van der Waals surface area (Å²) in [5.74, 6) is 0. The third-order valence-corrected chi connectivity index (χ3v) is 10.4. The van der Waals surface area contributed by atoms with Crippen LogP contribution in [-0.4, -0.2) is 5.71 Å². The standard InChI is InChI=1S/C49H41N/c1-5-40(33(3)47-30-38-14-6-8-16-41(38)43-18-10-12-20-45(43)47)49(48-31-39-15-7-9-17-42(39)44-19-11-13-21-46(44)48)50-34(4)35-26-28-37(29-27-35)36-24-22-32(2)23-25-36/h6-9,11-17,19-31H,4-5,10,18H2,1-3H3/b40-33+,50-49+. The van der Waals surface area contributed by atoms with Gasteiger partial charge in [0.2, 0.25) is 0 Å². The van der Waals surface area contributed by atoms with Crippen LogP contribution < -0.4 is 0 Å². The first kappa shape index (κ1) is 31.5. The lowest BCUT2D eigenvalue weighted by Crippen LogP contribution is -2.10. The van der Waals surface area contributed by atoms with E-state index < -0.39 is 0 Å². The van der Waals surface area contributed by atoms with Crippen LogP contribution in [0.3, 0.4) is 0 Å². The van der Waals surface area contributed by atoms with Gasteiger partial charge in [-0.25, -0.2) is 4.99 Å². The first-order valence-corrected chi connectivity index (χ1v) is 17.8.